The van der Waals surface area contributed by atoms with Gasteiger partial charge in [-0.25, -0.2) is 0 Å². The maximum atomic E-state index is 5.22. The lowest BCUT2D eigenvalue weighted by atomic mass is 10.1. The zero-order chi connectivity index (χ0) is 12.5. The van der Waals surface area contributed by atoms with Crippen LogP contribution in [-0.2, 0) is 11.2 Å². The third kappa shape index (κ3) is 6.61. The maximum Gasteiger partial charge on any atom is 0.166 e. The predicted octanol–water partition coefficient (Wildman–Crippen LogP) is 2.18. The van der Waals surface area contributed by atoms with Crippen molar-refractivity contribution in [1.82, 2.24) is 10.6 Å². The molecule has 0 bridgehead atoms. The highest BCUT2D eigenvalue weighted by Crippen LogP contribution is 2.08. The Morgan fingerprint density at radius 3 is 3.06 bits per heavy atom. The second kappa shape index (κ2) is 8.44. The lowest BCUT2D eigenvalue weighted by molar-refractivity contribution is 0.195. The van der Waals surface area contributed by atoms with Crippen molar-refractivity contribution in [3.63, 3.8) is 0 Å². The van der Waals surface area contributed by atoms with Gasteiger partial charge in [0.1, 0.15) is 0 Å². The van der Waals surface area contributed by atoms with Gasteiger partial charge in [-0.2, -0.15) is 11.3 Å². The lowest BCUT2D eigenvalue weighted by Crippen LogP contribution is -2.41. The van der Waals surface area contributed by atoms with E-state index < -0.39 is 0 Å². The number of ether oxygens (including phenoxy) is 1. The fourth-order valence-electron chi connectivity index (χ4n) is 1.51. The first-order valence-electron chi connectivity index (χ1n) is 5.76. The molecule has 0 aliphatic rings. The number of rotatable bonds is 7. The quantitative estimate of drug-likeness (QED) is 0.589. The zero-order valence-corrected chi connectivity index (χ0v) is 12.0. The molecule has 0 amide bonds. The van der Waals surface area contributed by atoms with Crippen LogP contribution in [0.25, 0.3) is 0 Å². The minimum atomic E-state index is 0.354. The summed E-state index contributed by atoms with van der Waals surface area (Å²) in [6, 6.07) is 2.50. The second-order valence-corrected chi connectivity index (χ2v) is 5.17. The van der Waals surface area contributed by atoms with Gasteiger partial charge in [0, 0.05) is 26.3 Å². The highest BCUT2D eigenvalue weighted by molar-refractivity contribution is 7.80. The van der Waals surface area contributed by atoms with Crippen LogP contribution in [0.2, 0.25) is 0 Å². The Bertz CT molecular complexity index is 314. The van der Waals surface area contributed by atoms with Crippen molar-refractivity contribution < 1.29 is 4.74 Å². The molecule has 96 valence electrons. The van der Waals surface area contributed by atoms with Crippen molar-refractivity contribution in [2.45, 2.75) is 25.8 Å². The van der Waals surface area contributed by atoms with Gasteiger partial charge in [-0.1, -0.05) is 0 Å². The van der Waals surface area contributed by atoms with Gasteiger partial charge < -0.3 is 15.4 Å². The first-order valence-corrected chi connectivity index (χ1v) is 7.12. The number of hydrogen-bond acceptors (Lipinski definition) is 3. The standard InChI is InChI=1S/C12H20N2OS2/c1-10(8-11-4-7-17-9-11)14-12(16)13-5-3-6-15-2/h4,7,9-10H,3,5-6,8H2,1-2H3,(H2,13,14,16). The molecule has 3 nitrogen and oxygen atoms in total. The van der Waals surface area contributed by atoms with E-state index in [9.17, 15) is 0 Å². The predicted molar refractivity (Wildman–Crippen MR) is 77.7 cm³/mol. The molecule has 0 aliphatic heterocycles. The van der Waals surface area contributed by atoms with E-state index in [0.29, 0.717) is 6.04 Å². The molecule has 0 fully saturated rings. The summed E-state index contributed by atoms with van der Waals surface area (Å²) in [4.78, 5) is 0. The third-order valence-electron chi connectivity index (χ3n) is 2.31. The molecule has 0 radical (unpaired) electrons. The molecule has 0 saturated heterocycles. The second-order valence-electron chi connectivity index (χ2n) is 3.98. The van der Waals surface area contributed by atoms with Crippen LogP contribution in [-0.4, -0.2) is 31.4 Å². The summed E-state index contributed by atoms with van der Waals surface area (Å²) in [6.07, 6.45) is 1.97. The summed E-state index contributed by atoms with van der Waals surface area (Å²) in [5.41, 5.74) is 1.36. The minimum Gasteiger partial charge on any atom is -0.385 e. The van der Waals surface area contributed by atoms with E-state index in [4.69, 9.17) is 17.0 Å². The molecule has 5 heteroatoms. The number of thiophene rings is 1. The summed E-state index contributed by atoms with van der Waals surface area (Å²) in [5, 5.41) is 11.5. The van der Waals surface area contributed by atoms with Gasteiger partial charge in [0.15, 0.2) is 5.11 Å². The SMILES string of the molecule is COCCCNC(=S)NC(C)Cc1ccsc1. The van der Waals surface area contributed by atoms with Gasteiger partial charge in [0.25, 0.3) is 0 Å². The van der Waals surface area contributed by atoms with E-state index >= 15 is 0 Å². The highest BCUT2D eigenvalue weighted by atomic mass is 32.1. The Kier molecular flexibility index (Phi) is 7.16. The Labute approximate surface area is 113 Å². The minimum absolute atomic E-state index is 0.354. The first kappa shape index (κ1) is 14.4. The van der Waals surface area contributed by atoms with Crippen molar-refractivity contribution in [2.75, 3.05) is 20.3 Å². The van der Waals surface area contributed by atoms with Crippen molar-refractivity contribution in [3.05, 3.63) is 22.4 Å². The van der Waals surface area contributed by atoms with Crippen LogP contribution in [0.3, 0.4) is 0 Å². The van der Waals surface area contributed by atoms with E-state index in [1.54, 1.807) is 18.4 Å². The van der Waals surface area contributed by atoms with Crippen molar-refractivity contribution in [3.8, 4) is 0 Å². The average Bonchev–Trinajstić information content (AvgIpc) is 2.77. The Balaban J connectivity index is 2.13. The topological polar surface area (TPSA) is 33.3 Å². The van der Waals surface area contributed by atoms with Crippen LogP contribution >= 0.6 is 23.6 Å². The molecule has 1 rings (SSSR count). The summed E-state index contributed by atoms with van der Waals surface area (Å²) in [5.74, 6) is 0. The Hall–Kier alpha value is -0.650. The maximum absolute atomic E-state index is 5.22. The van der Waals surface area contributed by atoms with Gasteiger partial charge in [-0.3, -0.25) is 0 Å². The molecular weight excluding hydrogens is 252 g/mol. The van der Waals surface area contributed by atoms with Gasteiger partial charge in [-0.05, 0) is 54.4 Å². The normalized spacial score (nSPS) is 12.1. The molecule has 0 saturated carbocycles. The van der Waals surface area contributed by atoms with E-state index in [0.717, 1.165) is 31.1 Å². The van der Waals surface area contributed by atoms with Crippen LogP contribution in [0.5, 0.6) is 0 Å². The molecule has 2 N–H and O–H groups in total. The van der Waals surface area contributed by atoms with Crippen molar-refractivity contribution >= 4 is 28.7 Å². The van der Waals surface area contributed by atoms with Crippen LogP contribution in [0.4, 0.5) is 0 Å². The van der Waals surface area contributed by atoms with Crippen molar-refractivity contribution in [2.24, 2.45) is 0 Å². The zero-order valence-electron chi connectivity index (χ0n) is 10.4. The van der Waals surface area contributed by atoms with Gasteiger partial charge in [0.2, 0.25) is 0 Å². The van der Waals surface area contributed by atoms with E-state index in [-0.39, 0.29) is 0 Å². The first-order chi connectivity index (χ1) is 8.22. The van der Waals surface area contributed by atoms with E-state index in [2.05, 4.69) is 34.4 Å². The number of hydrogen-bond donors (Lipinski definition) is 2. The number of nitrogens with one attached hydrogen (secondary N) is 2. The third-order valence-corrected chi connectivity index (χ3v) is 3.30. The fourth-order valence-corrected chi connectivity index (χ4v) is 2.49. The van der Waals surface area contributed by atoms with Crippen molar-refractivity contribution in [1.29, 1.82) is 0 Å². The Morgan fingerprint density at radius 2 is 2.41 bits per heavy atom. The summed E-state index contributed by atoms with van der Waals surface area (Å²) >= 11 is 6.94. The summed E-state index contributed by atoms with van der Waals surface area (Å²) in [6.45, 7) is 3.76. The van der Waals surface area contributed by atoms with Crippen LogP contribution in [0.15, 0.2) is 16.8 Å². The number of methoxy groups -OCH3 is 1. The lowest BCUT2D eigenvalue weighted by Gasteiger charge is -2.16. The van der Waals surface area contributed by atoms with E-state index in [1.165, 1.54) is 5.56 Å². The molecule has 1 aromatic rings. The fraction of sp³-hybridized carbons (Fsp3) is 0.583. The van der Waals surface area contributed by atoms with Crippen LogP contribution in [0.1, 0.15) is 18.9 Å². The molecule has 1 heterocycles. The average molecular weight is 272 g/mol. The van der Waals surface area contributed by atoms with Gasteiger partial charge in [-0.15, -0.1) is 0 Å². The molecular formula is C12H20N2OS2. The van der Waals surface area contributed by atoms with Crippen LogP contribution < -0.4 is 10.6 Å². The molecule has 1 aromatic heterocycles. The molecule has 17 heavy (non-hydrogen) atoms. The molecule has 1 unspecified atom stereocenters. The number of thiocarbonyl (C=S) groups is 1. The molecule has 1 atom stereocenters. The van der Waals surface area contributed by atoms with Gasteiger partial charge in [0.05, 0.1) is 0 Å². The molecule has 0 aliphatic carbocycles. The van der Waals surface area contributed by atoms with Gasteiger partial charge >= 0.3 is 0 Å². The Morgan fingerprint density at radius 1 is 1.59 bits per heavy atom. The monoisotopic (exact) mass is 272 g/mol. The molecule has 0 spiro atoms. The van der Waals surface area contributed by atoms with Crippen LogP contribution in [0, 0.1) is 0 Å². The molecule has 0 aromatic carbocycles. The summed E-state index contributed by atoms with van der Waals surface area (Å²) in [7, 11) is 1.71. The highest BCUT2D eigenvalue weighted by Gasteiger charge is 2.05. The summed E-state index contributed by atoms with van der Waals surface area (Å²) < 4.78 is 4.97. The largest absolute Gasteiger partial charge is 0.385 e. The van der Waals surface area contributed by atoms with E-state index in [1.807, 2.05) is 0 Å². The smallest absolute Gasteiger partial charge is 0.166 e.